The summed E-state index contributed by atoms with van der Waals surface area (Å²) in [6, 6.07) is 5.23. The van der Waals surface area contributed by atoms with E-state index < -0.39 is 0 Å². The molecule has 0 saturated heterocycles. The highest BCUT2D eigenvalue weighted by Crippen LogP contribution is 2.20. The number of imidazole rings is 1. The Balaban J connectivity index is 2.63. The molecule has 4 heteroatoms. The van der Waals surface area contributed by atoms with Gasteiger partial charge in [0.05, 0.1) is 11.4 Å². The van der Waals surface area contributed by atoms with Crippen LogP contribution in [0.1, 0.15) is 21.9 Å². The minimum Gasteiger partial charge on any atom is -0.303 e. The van der Waals surface area contributed by atoms with Crippen LogP contribution in [0.2, 0.25) is 5.02 Å². The molecule has 16 heavy (non-hydrogen) atoms. The van der Waals surface area contributed by atoms with Crippen molar-refractivity contribution in [3.63, 3.8) is 0 Å². The van der Waals surface area contributed by atoms with Gasteiger partial charge in [-0.15, -0.1) is 0 Å². The highest BCUT2D eigenvalue weighted by Gasteiger charge is 2.08. The zero-order valence-electron chi connectivity index (χ0n) is 9.07. The molecule has 2 aromatic rings. The molecule has 1 aromatic carbocycles. The molecule has 0 amide bonds. The lowest BCUT2D eigenvalue weighted by Gasteiger charge is -2.07. The monoisotopic (exact) mass is 234 g/mol. The second kappa shape index (κ2) is 4.10. The number of aldehydes is 1. The summed E-state index contributed by atoms with van der Waals surface area (Å²) >= 11 is 5.84. The summed E-state index contributed by atoms with van der Waals surface area (Å²) in [6.45, 7) is 3.82. The number of aryl methyl sites for hydroxylation is 2. The Labute approximate surface area is 98.7 Å². The van der Waals surface area contributed by atoms with E-state index in [1.807, 2.05) is 30.7 Å². The van der Waals surface area contributed by atoms with Crippen molar-refractivity contribution in [2.75, 3.05) is 0 Å². The molecule has 0 N–H and O–H groups in total. The van der Waals surface area contributed by atoms with Gasteiger partial charge in [-0.3, -0.25) is 4.79 Å². The topological polar surface area (TPSA) is 34.9 Å². The third-order valence-corrected chi connectivity index (χ3v) is 2.61. The Morgan fingerprint density at radius 1 is 1.38 bits per heavy atom. The van der Waals surface area contributed by atoms with E-state index in [0.717, 1.165) is 23.5 Å². The van der Waals surface area contributed by atoms with E-state index in [2.05, 4.69) is 4.98 Å². The SMILES string of the molecule is Cc1cn(-c2ccc(Cl)cc2C=O)c(C)n1. The molecule has 3 nitrogen and oxygen atoms in total. The molecule has 0 bridgehead atoms. The lowest BCUT2D eigenvalue weighted by atomic mass is 10.2. The minimum absolute atomic E-state index is 0.556. The quantitative estimate of drug-likeness (QED) is 0.749. The Morgan fingerprint density at radius 3 is 2.69 bits per heavy atom. The summed E-state index contributed by atoms with van der Waals surface area (Å²) in [5.41, 5.74) is 2.29. The van der Waals surface area contributed by atoms with Crippen molar-refractivity contribution >= 4 is 17.9 Å². The molecule has 0 aliphatic rings. The van der Waals surface area contributed by atoms with Gasteiger partial charge in [0, 0.05) is 16.8 Å². The molecule has 1 aromatic heterocycles. The molecule has 82 valence electrons. The van der Waals surface area contributed by atoms with E-state index >= 15 is 0 Å². The maximum absolute atomic E-state index is 11.0. The first kappa shape index (κ1) is 10.9. The van der Waals surface area contributed by atoms with Gasteiger partial charge in [-0.25, -0.2) is 4.98 Å². The van der Waals surface area contributed by atoms with E-state index in [1.54, 1.807) is 12.1 Å². The van der Waals surface area contributed by atoms with Gasteiger partial charge in [0.25, 0.3) is 0 Å². The average Bonchev–Trinajstić information content (AvgIpc) is 2.57. The lowest BCUT2D eigenvalue weighted by Crippen LogP contribution is -1.99. The molecule has 0 atom stereocenters. The standard InChI is InChI=1S/C12H11ClN2O/c1-8-6-15(9(2)14-8)12-4-3-11(13)5-10(12)7-16/h3-7H,1-2H3. The summed E-state index contributed by atoms with van der Waals surface area (Å²) in [6.07, 6.45) is 2.70. The van der Waals surface area contributed by atoms with Gasteiger partial charge >= 0.3 is 0 Å². The summed E-state index contributed by atoms with van der Waals surface area (Å²) in [5.74, 6) is 0.850. The van der Waals surface area contributed by atoms with E-state index in [9.17, 15) is 4.79 Å². The van der Waals surface area contributed by atoms with Gasteiger partial charge < -0.3 is 4.57 Å². The minimum atomic E-state index is 0.556. The lowest BCUT2D eigenvalue weighted by molar-refractivity contribution is 0.112. The maximum atomic E-state index is 11.0. The molecule has 0 saturated carbocycles. The zero-order valence-corrected chi connectivity index (χ0v) is 9.82. The number of rotatable bonds is 2. The van der Waals surface area contributed by atoms with Crippen molar-refractivity contribution in [2.45, 2.75) is 13.8 Å². The van der Waals surface area contributed by atoms with E-state index in [0.29, 0.717) is 10.6 Å². The Kier molecular flexibility index (Phi) is 2.79. The molecule has 0 fully saturated rings. The van der Waals surface area contributed by atoms with Crippen LogP contribution in [0.5, 0.6) is 0 Å². The number of hydrogen-bond acceptors (Lipinski definition) is 2. The Hall–Kier alpha value is -1.61. The number of nitrogens with zero attached hydrogens (tertiary/aromatic N) is 2. The van der Waals surface area contributed by atoms with Crippen molar-refractivity contribution in [2.24, 2.45) is 0 Å². The van der Waals surface area contributed by atoms with Gasteiger partial charge in [0.15, 0.2) is 6.29 Å². The van der Waals surface area contributed by atoms with Crippen LogP contribution in [0, 0.1) is 13.8 Å². The fourth-order valence-electron chi connectivity index (χ4n) is 1.70. The Bertz CT molecular complexity index is 546. The van der Waals surface area contributed by atoms with Gasteiger partial charge in [-0.05, 0) is 32.0 Å². The van der Waals surface area contributed by atoms with Crippen LogP contribution in [0.3, 0.4) is 0 Å². The molecule has 1 heterocycles. The van der Waals surface area contributed by atoms with Crippen LogP contribution >= 0.6 is 11.6 Å². The van der Waals surface area contributed by atoms with Crippen LogP contribution in [-0.4, -0.2) is 15.8 Å². The van der Waals surface area contributed by atoms with E-state index in [-0.39, 0.29) is 0 Å². The van der Waals surface area contributed by atoms with Crippen LogP contribution in [0.25, 0.3) is 5.69 Å². The molecular weight excluding hydrogens is 224 g/mol. The highest BCUT2D eigenvalue weighted by atomic mass is 35.5. The van der Waals surface area contributed by atoms with Gasteiger partial charge in [0.1, 0.15) is 5.82 Å². The smallest absolute Gasteiger partial charge is 0.152 e. The van der Waals surface area contributed by atoms with E-state index in [1.165, 1.54) is 0 Å². The summed E-state index contributed by atoms with van der Waals surface area (Å²) in [7, 11) is 0. The number of carbonyl (C=O) groups is 1. The number of aromatic nitrogens is 2. The summed E-state index contributed by atoms with van der Waals surface area (Å²) in [4.78, 5) is 15.3. The molecule has 0 aliphatic carbocycles. The van der Waals surface area contributed by atoms with Crippen molar-refractivity contribution in [3.8, 4) is 5.69 Å². The predicted octanol–water partition coefficient (Wildman–Crippen LogP) is 2.96. The second-order valence-electron chi connectivity index (χ2n) is 3.62. The molecular formula is C12H11ClN2O. The number of hydrogen-bond donors (Lipinski definition) is 0. The van der Waals surface area contributed by atoms with Crippen LogP contribution in [-0.2, 0) is 0 Å². The molecule has 2 rings (SSSR count). The second-order valence-corrected chi connectivity index (χ2v) is 4.06. The van der Waals surface area contributed by atoms with Crippen LogP contribution < -0.4 is 0 Å². The molecule has 0 radical (unpaired) electrons. The largest absolute Gasteiger partial charge is 0.303 e. The van der Waals surface area contributed by atoms with Crippen molar-refractivity contribution in [1.29, 1.82) is 0 Å². The van der Waals surface area contributed by atoms with Crippen LogP contribution in [0.15, 0.2) is 24.4 Å². The van der Waals surface area contributed by atoms with Gasteiger partial charge in [0.2, 0.25) is 0 Å². The van der Waals surface area contributed by atoms with E-state index in [4.69, 9.17) is 11.6 Å². The third-order valence-electron chi connectivity index (χ3n) is 2.38. The first-order valence-electron chi connectivity index (χ1n) is 4.89. The fraction of sp³-hybridized carbons (Fsp3) is 0.167. The maximum Gasteiger partial charge on any atom is 0.152 e. The van der Waals surface area contributed by atoms with Crippen LogP contribution in [0.4, 0.5) is 0 Å². The molecule has 0 aliphatic heterocycles. The number of carbonyl (C=O) groups excluding carboxylic acids is 1. The average molecular weight is 235 g/mol. The highest BCUT2D eigenvalue weighted by molar-refractivity contribution is 6.30. The van der Waals surface area contributed by atoms with Crippen molar-refractivity contribution in [1.82, 2.24) is 9.55 Å². The molecule has 0 unspecified atom stereocenters. The first-order chi connectivity index (χ1) is 7.61. The predicted molar refractivity (Wildman–Crippen MR) is 63.4 cm³/mol. The van der Waals surface area contributed by atoms with Gasteiger partial charge in [-0.1, -0.05) is 11.6 Å². The summed E-state index contributed by atoms with van der Waals surface area (Å²) < 4.78 is 1.88. The Morgan fingerprint density at radius 2 is 2.12 bits per heavy atom. The third kappa shape index (κ3) is 1.86. The number of halogens is 1. The normalized spacial score (nSPS) is 10.4. The van der Waals surface area contributed by atoms with Crippen molar-refractivity contribution in [3.05, 3.63) is 46.5 Å². The van der Waals surface area contributed by atoms with Gasteiger partial charge in [-0.2, -0.15) is 0 Å². The zero-order chi connectivity index (χ0) is 11.7. The summed E-state index contributed by atoms with van der Waals surface area (Å²) in [5, 5.41) is 0.556. The number of benzene rings is 1. The first-order valence-corrected chi connectivity index (χ1v) is 5.27. The molecule has 0 spiro atoms. The van der Waals surface area contributed by atoms with Crippen molar-refractivity contribution < 1.29 is 4.79 Å². The fourth-order valence-corrected chi connectivity index (χ4v) is 1.88.